The van der Waals surface area contributed by atoms with E-state index in [0.717, 1.165) is 23.3 Å². The van der Waals surface area contributed by atoms with Crippen LogP contribution in [0.4, 0.5) is 0 Å². The van der Waals surface area contributed by atoms with Gasteiger partial charge in [0.15, 0.2) is 6.61 Å². The van der Waals surface area contributed by atoms with Crippen LogP contribution in [-0.2, 0) is 16.1 Å². The van der Waals surface area contributed by atoms with Gasteiger partial charge in [-0.1, -0.05) is 30.3 Å². The molecule has 2 aromatic carbocycles. The molecule has 29 heavy (non-hydrogen) atoms. The molecule has 0 saturated carbocycles. The maximum atomic E-state index is 12.7. The van der Waals surface area contributed by atoms with Gasteiger partial charge >= 0.3 is 5.97 Å². The Morgan fingerprint density at radius 2 is 1.59 bits per heavy atom. The van der Waals surface area contributed by atoms with Gasteiger partial charge in [-0.15, -0.1) is 0 Å². The van der Waals surface area contributed by atoms with E-state index in [-0.39, 0.29) is 35.7 Å². The topological polar surface area (TPSA) is 84.0 Å². The van der Waals surface area contributed by atoms with Gasteiger partial charge in [0, 0.05) is 13.1 Å². The largest absolute Gasteiger partial charge is 0.452 e. The highest BCUT2D eigenvalue weighted by molar-refractivity contribution is 6.21. The fourth-order valence-electron chi connectivity index (χ4n) is 3.60. The molecule has 7 nitrogen and oxygen atoms in total. The first-order valence-corrected chi connectivity index (χ1v) is 9.53. The van der Waals surface area contributed by atoms with E-state index in [2.05, 4.69) is 0 Å². The van der Waals surface area contributed by atoms with Gasteiger partial charge < -0.3 is 9.64 Å². The highest BCUT2D eigenvalue weighted by Crippen LogP contribution is 2.26. The summed E-state index contributed by atoms with van der Waals surface area (Å²) < 4.78 is 5.11. The van der Waals surface area contributed by atoms with Crippen molar-refractivity contribution < 1.29 is 23.9 Å². The van der Waals surface area contributed by atoms with Gasteiger partial charge in [0.2, 0.25) is 0 Å². The fourth-order valence-corrected chi connectivity index (χ4v) is 3.60. The molecule has 0 bridgehead atoms. The Hall–Kier alpha value is -3.48. The summed E-state index contributed by atoms with van der Waals surface area (Å²) >= 11 is 0. The number of esters is 1. The number of hydrogen-bond donors (Lipinski definition) is 0. The molecule has 4 rings (SSSR count). The van der Waals surface area contributed by atoms with E-state index >= 15 is 0 Å². The molecule has 0 N–H and O–H groups in total. The lowest BCUT2D eigenvalue weighted by molar-refractivity contribution is -0.133. The molecule has 1 fully saturated rings. The highest BCUT2D eigenvalue weighted by Gasteiger charge is 2.36. The van der Waals surface area contributed by atoms with Crippen molar-refractivity contribution in [2.75, 3.05) is 19.7 Å². The van der Waals surface area contributed by atoms with Crippen LogP contribution in [0.2, 0.25) is 0 Å². The molecule has 3 amide bonds. The zero-order valence-electron chi connectivity index (χ0n) is 15.8. The molecule has 0 radical (unpaired) electrons. The number of likely N-dealkylation sites (tertiary alicyclic amines) is 1. The number of carbonyl (C=O) groups is 4. The minimum Gasteiger partial charge on any atom is -0.452 e. The Labute approximate surface area is 167 Å². The van der Waals surface area contributed by atoms with E-state index in [1.807, 2.05) is 30.3 Å². The summed E-state index contributed by atoms with van der Waals surface area (Å²) in [7, 11) is 0. The van der Waals surface area contributed by atoms with Gasteiger partial charge in [0.05, 0.1) is 23.2 Å². The Balaban J connectivity index is 1.45. The van der Waals surface area contributed by atoms with Gasteiger partial charge in [-0.05, 0) is 36.6 Å². The molecule has 2 heterocycles. The van der Waals surface area contributed by atoms with Crippen LogP contribution in [-0.4, -0.2) is 53.2 Å². The zero-order valence-corrected chi connectivity index (χ0v) is 15.8. The standard InChI is InChI=1S/C22H20N2O5/c25-19(23-10-4-5-11-23)14-29-22(28)16-8-9-17-18(12-16)21(27)24(20(17)26)13-15-6-2-1-3-7-15/h1-3,6-9,12H,4-5,10-11,13-14H2. The molecule has 0 aromatic heterocycles. The Kier molecular flexibility index (Phi) is 5.12. The molecule has 0 unspecified atom stereocenters. The maximum absolute atomic E-state index is 12.7. The van der Waals surface area contributed by atoms with Crippen LogP contribution in [0.25, 0.3) is 0 Å². The SMILES string of the molecule is O=C(OCC(=O)N1CCCC1)c1ccc2c(c1)C(=O)N(Cc1ccccc1)C2=O. The smallest absolute Gasteiger partial charge is 0.338 e. The van der Waals surface area contributed by atoms with Crippen LogP contribution in [0, 0.1) is 0 Å². The van der Waals surface area contributed by atoms with E-state index in [9.17, 15) is 19.2 Å². The monoisotopic (exact) mass is 392 g/mol. The van der Waals surface area contributed by atoms with Crippen LogP contribution < -0.4 is 0 Å². The Morgan fingerprint density at radius 1 is 0.897 bits per heavy atom. The summed E-state index contributed by atoms with van der Waals surface area (Å²) in [5, 5.41) is 0. The quantitative estimate of drug-likeness (QED) is 0.576. The van der Waals surface area contributed by atoms with Gasteiger partial charge in [0.25, 0.3) is 17.7 Å². The number of nitrogens with zero attached hydrogens (tertiary/aromatic N) is 2. The average Bonchev–Trinajstić information content (AvgIpc) is 3.36. The summed E-state index contributed by atoms with van der Waals surface area (Å²) in [6.07, 6.45) is 1.92. The first kappa shape index (κ1) is 18.9. The molecule has 0 atom stereocenters. The maximum Gasteiger partial charge on any atom is 0.338 e. The number of ether oxygens (including phenoxy) is 1. The van der Waals surface area contributed by atoms with Crippen LogP contribution >= 0.6 is 0 Å². The lowest BCUT2D eigenvalue weighted by atomic mass is 10.1. The molecule has 1 saturated heterocycles. The second-order valence-electron chi connectivity index (χ2n) is 7.11. The Morgan fingerprint density at radius 3 is 2.31 bits per heavy atom. The molecule has 0 aliphatic carbocycles. The predicted molar refractivity (Wildman–Crippen MR) is 103 cm³/mol. The highest BCUT2D eigenvalue weighted by atomic mass is 16.5. The number of hydrogen-bond acceptors (Lipinski definition) is 5. The number of carbonyl (C=O) groups excluding carboxylic acids is 4. The molecule has 2 aliphatic rings. The second kappa shape index (κ2) is 7.87. The van der Waals surface area contributed by atoms with Gasteiger partial charge in [-0.2, -0.15) is 0 Å². The first-order valence-electron chi connectivity index (χ1n) is 9.53. The summed E-state index contributed by atoms with van der Waals surface area (Å²) in [5.74, 6) is -1.76. The molecular formula is C22H20N2O5. The van der Waals surface area contributed by atoms with Gasteiger partial charge in [-0.25, -0.2) is 4.79 Å². The zero-order chi connectivity index (χ0) is 20.4. The Bertz CT molecular complexity index is 980. The van der Waals surface area contributed by atoms with E-state index in [0.29, 0.717) is 13.1 Å². The molecular weight excluding hydrogens is 372 g/mol. The van der Waals surface area contributed by atoms with Crippen molar-refractivity contribution in [3.63, 3.8) is 0 Å². The van der Waals surface area contributed by atoms with Crippen LogP contribution in [0.5, 0.6) is 0 Å². The van der Waals surface area contributed by atoms with E-state index in [1.165, 1.54) is 18.2 Å². The van der Waals surface area contributed by atoms with Crippen molar-refractivity contribution in [2.45, 2.75) is 19.4 Å². The molecule has 2 aliphatic heterocycles. The molecule has 0 spiro atoms. The van der Waals surface area contributed by atoms with Crippen LogP contribution in [0.15, 0.2) is 48.5 Å². The molecule has 148 valence electrons. The first-order chi connectivity index (χ1) is 14.0. The number of imide groups is 1. The summed E-state index contributed by atoms with van der Waals surface area (Å²) in [6.45, 7) is 1.20. The summed E-state index contributed by atoms with van der Waals surface area (Å²) in [6, 6.07) is 13.5. The van der Waals surface area contributed by atoms with E-state index in [1.54, 1.807) is 4.90 Å². The van der Waals surface area contributed by atoms with Crippen LogP contribution in [0.3, 0.4) is 0 Å². The molecule has 2 aromatic rings. The summed E-state index contributed by atoms with van der Waals surface area (Å²) in [4.78, 5) is 52.5. The second-order valence-corrected chi connectivity index (χ2v) is 7.11. The van der Waals surface area contributed by atoms with Crippen molar-refractivity contribution >= 4 is 23.7 Å². The fraction of sp³-hybridized carbons (Fsp3) is 0.273. The van der Waals surface area contributed by atoms with Crippen molar-refractivity contribution in [2.24, 2.45) is 0 Å². The van der Waals surface area contributed by atoms with E-state index < -0.39 is 17.8 Å². The third-order valence-corrected chi connectivity index (χ3v) is 5.18. The van der Waals surface area contributed by atoms with Crippen molar-refractivity contribution in [1.29, 1.82) is 0 Å². The van der Waals surface area contributed by atoms with Crippen molar-refractivity contribution in [3.8, 4) is 0 Å². The van der Waals surface area contributed by atoms with Gasteiger partial charge in [0.1, 0.15) is 0 Å². The lowest BCUT2D eigenvalue weighted by Gasteiger charge is -2.15. The van der Waals surface area contributed by atoms with E-state index in [4.69, 9.17) is 4.74 Å². The molecule has 7 heteroatoms. The lowest BCUT2D eigenvalue weighted by Crippen LogP contribution is -2.32. The third-order valence-electron chi connectivity index (χ3n) is 5.18. The summed E-state index contributed by atoms with van der Waals surface area (Å²) in [5.41, 5.74) is 1.41. The number of benzene rings is 2. The van der Waals surface area contributed by atoms with Crippen molar-refractivity contribution in [3.05, 3.63) is 70.8 Å². The number of amides is 3. The average molecular weight is 392 g/mol. The number of rotatable bonds is 5. The number of fused-ring (bicyclic) bond motifs is 1. The predicted octanol–water partition coefficient (Wildman–Crippen LogP) is 2.26. The van der Waals surface area contributed by atoms with Crippen LogP contribution in [0.1, 0.15) is 49.5 Å². The van der Waals surface area contributed by atoms with Crippen molar-refractivity contribution in [1.82, 2.24) is 9.80 Å². The normalized spacial score (nSPS) is 15.6. The third kappa shape index (κ3) is 3.76. The van der Waals surface area contributed by atoms with Gasteiger partial charge in [-0.3, -0.25) is 19.3 Å². The minimum absolute atomic E-state index is 0.140. The minimum atomic E-state index is -0.692.